The summed E-state index contributed by atoms with van der Waals surface area (Å²) in [6.07, 6.45) is 5.15. The highest BCUT2D eigenvalue weighted by Gasteiger charge is 2.35. The molecule has 17 heavy (non-hydrogen) atoms. The van der Waals surface area contributed by atoms with Gasteiger partial charge in [-0.2, -0.15) is 0 Å². The molecule has 0 bridgehead atoms. The van der Waals surface area contributed by atoms with Crippen LogP contribution in [0.25, 0.3) is 0 Å². The van der Waals surface area contributed by atoms with E-state index in [1.165, 1.54) is 25.7 Å². The normalized spacial score (nSPS) is 27.7. The van der Waals surface area contributed by atoms with Crippen LogP contribution in [-0.2, 0) is 4.74 Å². The molecule has 1 rings (SSSR count). The van der Waals surface area contributed by atoms with Crippen molar-refractivity contribution in [3.05, 3.63) is 0 Å². The van der Waals surface area contributed by atoms with Crippen LogP contribution in [0.15, 0.2) is 0 Å². The highest BCUT2D eigenvalue weighted by Crippen LogP contribution is 2.34. The maximum atomic E-state index is 5.72. The lowest BCUT2D eigenvalue weighted by Crippen LogP contribution is -2.45. The molecule has 0 heterocycles. The van der Waals surface area contributed by atoms with Gasteiger partial charge in [0.25, 0.3) is 0 Å². The first-order chi connectivity index (χ1) is 8.08. The van der Waals surface area contributed by atoms with Crippen molar-refractivity contribution in [2.24, 2.45) is 5.92 Å². The second-order valence-corrected chi connectivity index (χ2v) is 4.83. The smallest absolute Gasteiger partial charge is 0.0807 e. The molecule has 1 saturated carbocycles. The fourth-order valence-corrected chi connectivity index (χ4v) is 2.58. The lowest BCUT2D eigenvalue weighted by molar-refractivity contribution is -0.0663. The number of hydrogen-bond donors (Lipinski definition) is 0. The first kappa shape index (κ1) is 19.3. The molecule has 0 radical (unpaired) electrons. The summed E-state index contributed by atoms with van der Waals surface area (Å²) in [6, 6.07) is 0. The minimum atomic E-state index is 0.140. The second kappa shape index (κ2) is 11.0. The Morgan fingerprint density at radius 2 is 1.71 bits per heavy atom. The van der Waals surface area contributed by atoms with Crippen molar-refractivity contribution in [2.45, 2.75) is 65.9 Å². The van der Waals surface area contributed by atoms with Crippen molar-refractivity contribution in [2.75, 3.05) is 27.7 Å². The van der Waals surface area contributed by atoms with Gasteiger partial charge in [0.15, 0.2) is 0 Å². The Kier molecular flexibility index (Phi) is 12.5. The molecule has 0 saturated heterocycles. The molecule has 0 aliphatic heterocycles. The maximum absolute atomic E-state index is 5.72. The lowest BCUT2D eigenvalue weighted by atomic mass is 9.78. The highest BCUT2D eigenvalue weighted by molar-refractivity contribution is 4.88. The van der Waals surface area contributed by atoms with Crippen LogP contribution in [0.4, 0.5) is 0 Å². The number of methoxy groups -OCH3 is 1. The van der Waals surface area contributed by atoms with Crippen LogP contribution in [0.1, 0.15) is 60.3 Å². The molecule has 0 aromatic heterocycles. The monoisotopic (exact) mass is 245 g/mol. The molecule has 106 valence electrons. The van der Waals surface area contributed by atoms with Crippen LogP contribution in [0, 0.1) is 5.92 Å². The van der Waals surface area contributed by atoms with Gasteiger partial charge in [0.1, 0.15) is 0 Å². The second-order valence-electron chi connectivity index (χ2n) is 4.83. The third kappa shape index (κ3) is 7.77. The summed E-state index contributed by atoms with van der Waals surface area (Å²) >= 11 is 0. The zero-order valence-electron chi connectivity index (χ0n) is 13.5. The predicted octanol–water partition coefficient (Wildman–Crippen LogP) is 4.20. The van der Waals surface area contributed by atoms with Crippen LogP contribution < -0.4 is 0 Å². The molecule has 2 heteroatoms. The molecule has 2 atom stereocenters. The summed E-state index contributed by atoms with van der Waals surface area (Å²) in [4.78, 5) is 2.24. The molecule has 0 aromatic carbocycles. The van der Waals surface area contributed by atoms with Crippen LogP contribution in [0.5, 0.6) is 0 Å². The van der Waals surface area contributed by atoms with Crippen molar-refractivity contribution < 1.29 is 4.74 Å². The van der Waals surface area contributed by atoms with Crippen LogP contribution in [0.2, 0.25) is 0 Å². The third-order valence-corrected chi connectivity index (χ3v) is 3.09. The van der Waals surface area contributed by atoms with E-state index in [4.69, 9.17) is 4.74 Å². The Morgan fingerprint density at radius 1 is 1.18 bits per heavy atom. The van der Waals surface area contributed by atoms with Crippen LogP contribution in [0.3, 0.4) is 0 Å². The largest absolute Gasteiger partial charge is 0.377 e. The molecular formula is C15H35NO. The van der Waals surface area contributed by atoms with Crippen LogP contribution >= 0.6 is 0 Å². The van der Waals surface area contributed by atoms with Crippen molar-refractivity contribution >= 4 is 0 Å². The molecule has 2 unspecified atom stereocenters. The molecule has 1 fully saturated rings. The first-order valence-corrected chi connectivity index (χ1v) is 7.28. The Bertz CT molecular complexity index is 155. The average molecular weight is 245 g/mol. The Labute approximate surface area is 110 Å². The number of hydrogen-bond acceptors (Lipinski definition) is 2. The van der Waals surface area contributed by atoms with Gasteiger partial charge >= 0.3 is 0 Å². The number of rotatable bonds is 3. The summed E-state index contributed by atoms with van der Waals surface area (Å²) in [6.45, 7) is 11.4. The molecule has 0 spiro atoms. The van der Waals surface area contributed by atoms with E-state index in [9.17, 15) is 0 Å². The van der Waals surface area contributed by atoms with E-state index in [1.54, 1.807) is 0 Å². The summed E-state index contributed by atoms with van der Waals surface area (Å²) in [5.74, 6) is 0.827. The van der Waals surface area contributed by atoms with Gasteiger partial charge in [-0.15, -0.1) is 0 Å². The van der Waals surface area contributed by atoms with Crippen molar-refractivity contribution in [1.29, 1.82) is 0 Å². The van der Waals surface area contributed by atoms with Gasteiger partial charge in [0.2, 0.25) is 0 Å². The van der Waals surface area contributed by atoms with E-state index in [2.05, 4.69) is 25.9 Å². The molecule has 1 aliphatic rings. The fraction of sp³-hybridized carbons (Fsp3) is 1.00. The van der Waals surface area contributed by atoms with Gasteiger partial charge in [-0.3, -0.25) is 0 Å². The van der Waals surface area contributed by atoms with Gasteiger partial charge in [0.05, 0.1) is 5.60 Å². The van der Waals surface area contributed by atoms with E-state index >= 15 is 0 Å². The third-order valence-electron chi connectivity index (χ3n) is 3.09. The van der Waals surface area contributed by atoms with E-state index in [0.29, 0.717) is 0 Å². The van der Waals surface area contributed by atoms with E-state index in [1.807, 2.05) is 34.8 Å². The average Bonchev–Trinajstić information content (AvgIpc) is 2.33. The van der Waals surface area contributed by atoms with Crippen LogP contribution in [-0.4, -0.2) is 38.3 Å². The zero-order chi connectivity index (χ0) is 13.9. The standard InChI is InChI=1S/C11H23NO.2C2H6/c1-10-6-5-7-11(8-10,13-4)9-12(2)3;2*1-2/h10H,5-9H2,1-4H3;2*1-2H3. The summed E-state index contributed by atoms with van der Waals surface area (Å²) < 4.78 is 5.72. The molecule has 0 amide bonds. The predicted molar refractivity (Wildman–Crippen MR) is 78.6 cm³/mol. The quantitative estimate of drug-likeness (QED) is 0.739. The molecule has 1 aliphatic carbocycles. The van der Waals surface area contributed by atoms with E-state index in [-0.39, 0.29) is 5.60 Å². The highest BCUT2D eigenvalue weighted by atomic mass is 16.5. The minimum absolute atomic E-state index is 0.140. The Morgan fingerprint density at radius 3 is 2.06 bits per heavy atom. The number of likely N-dealkylation sites (N-methyl/N-ethyl adjacent to an activating group) is 1. The molecule has 0 N–H and O–H groups in total. The summed E-state index contributed by atoms with van der Waals surface area (Å²) in [5, 5.41) is 0. The molecule has 0 aromatic rings. The van der Waals surface area contributed by atoms with Gasteiger partial charge < -0.3 is 9.64 Å². The van der Waals surface area contributed by atoms with E-state index < -0.39 is 0 Å². The zero-order valence-corrected chi connectivity index (χ0v) is 13.5. The Balaban J connectivity index is 0. The van der Waals surface area contributed by atoms with Gasteiger partial charge in [-0.25, -0.2) is 0 Å². The minimum Gasteiger partial charge on any atom is -0.377 e. The number of nitrogens with zero attached hydrogens (tertiary/aromatic N) is 1. The fourth-order valence-electron chi connectivity index (χ4n) is 2.58. The van der Waals surface area contributed by atoms with Crippen molar-refractivity contribution in [3.63, 3.8) is 0 Å². The van der Waals surface area contributed by atoms with Crippen molar-refractivity contribution in [1.82, 2.24) is 4.90 Å². The number of ether oxygens (including phenoxy) is 1. The van der Waals surface area contributed by atoms with Gasteiger partial charge in [-0.1, -0.05) is 47.5 Å². The topological polar surface area (TPSA) is 12.5 Å². The summed E-state index contributed by atoms with van der Waals surface area (Å²) in [5.41, 5.74) is 0.140. The molecular weight excluding hydrogens is 210 g/mol. The lowest BCUT2D eigenvalue weighted by Gasteiger charge is -2.40. The first-order valence-electron chi connectivity index (χ1n) is 7.28. The van der Waals surface area contributed by atoms with Crippen molar-refractivity contribution in [3.8, 4) is 0 Å². The maximum Gasteiger partial charge on any atom is 0.0807 e. The molecule has 2 nitrogen and oxygen atoms in total. The SMILES string of the molecule is CC.CC.COC1(CN(C)C)CCCC(C)C1. The van der Waals surface area contributed by atoms with Gasteiger partial charge in [-0.05, 0) is 32.9 Å². The Hall–Kier alpha value is -0.0800. The van der Waals surface area contributed by atoms with E-state index in [0.717, 1.165) is 12.5 Å². The summed E-state index contributed by atoms with van der Waals surface area (Å²) in [7, 11) is 6.11. The van der Waals surface area contributed by atoms with Gasteiger partial charge in [0, 0.05) is 13.7 Å².